The van der Waals surface area contributed by atoms with Gasteiger partial charge in [0.2, 0.25) is 10.0 Å². The van der Waals surface area contributed by atoms with E-state index < -0.39 is 10.0 Å². The van der Waals surface area contributed by atoms with E-state index in [1.54, 1.807) is 23.4 Å². The maximum absolute atomic E-state index is 12.9. The van der Waals surface area contributed by atoms with Gasteiger partial charge in [-0.2, -0.15) is 4.31 Å². The smallest absolute Gasteiger partial charge is 0.243 e. The summed E-state index contributed by atoms with van der Waals surface area (Å²) in [5.41, 5.74) is 1.30. The Morgan fingerprint density at radius 3 is 2.55 bits per heavy atom. The number of rotatable bonds is 6. The molecule has 1 aromatic carbocycles. The van der Waals surface area contributed by atoms with E-state index in [9.17, 15) is 13.5 Å². The average Bonchev–Trinajstić information content (AvgIpc) is 3.22. The molecule has 0 spiro atoms. The van der Waals surface area contributed by atoms with Crippen molar-refractivity contribution in [3.05, 3.63) is 27.7 Å². The van der Waals surface area contributed by atoms with Gasteiger partial charge in [0.1, 0.15) is 0 Å². The molecule has 20 heavy (non-hydrogen) atoms. The minimum absolute atomic E-state index is 0.149. The predicted octanol–water partition coefficient (Wildman–Crippen LogP) is 2.81. The molecule has 0 aliphatic heterocycles. The Hall–Kier alpha value is -0.430. The van der Waals surface area contributed by atoms with Crippen LogP contribution < -0.4 is 0 Å². The van der Waals surface area contributed by atoms with Crippen LogP contribution in [0.4, 0.5) is 0 Å². The lowest BCUT2D eigenvalue weighted by Crippen LogP contribution is -2.34. The first kappa shape index (κ1) is 15.9. The third-order valence-corrected chi connectivity index (χ3v) is 6.43. The first-order chi connectivity index (χ1) is 9.41. The molecule has 1 fully saturated rings. The Morgan fingerprint density at radius 2 is 2.05 bits per heavy atom. The van der Waals surface area contributed by atoms with Crippen LogP contribution in [0.15, 0.2) is 21.5 Å². The first-order valence-corrected chi connectivity index (χ1v) is 9.06. The molecule has 0 aromatic heterocycles. The molecule has 6 heteroatoms. The third-order valence-electron chi connectivity index (χ3n) is 3.52. The molecule has 0 radical (unpaired) electrons. The number of aliphatic hydroxyl groups is 1. The molecule has 4 nitrogen and oxygen atoms in total. The predicted molar refractivity (Wildman–Crippen MR) is 82.0 cm³/mol. The second kappa shape index (κ2) is 6.13. The highest BCUT2D eigenvalue weighted by Gasteiger charge is 2.38. The van der Waals surface area contributed by atoms with Gasteiger partial charge in [-0.15, -0.1) is 0 Å². The van der Waals surface area contributed by atoms with Crippen LogP contribution in [-0.2, 0) is 16.6 Å². The van der Waals surface area contributed by atoms with E-state index >= 15 is 0 Å². The van der Waals surface area contributed by atoms with E-state index in [1.165, 1.54) is 0 Å². The minimum Gasteiger partial charge on any atom is -0.392 e. The fourth-order valence-electron chi connectivity index (χ4n) is 2.27. The van der Waals surface area contributed by atoms with Gasteiger partial charge < -0.3 is 5.11 Å². The molecule has 0 unspecified atom stereocenters. The standard InChI is InChI=1S/C14H20BrNO3S/c1-3-6-16(12-4-5-12)20(18,19)14-8-11(9-17)7-13(15)10(14)2/h7-8,12,17H,3-6,9H2,1-2H3. The van der Waals surface area contributed by atoms with Crippen molar-refractivity contribution in [2.24, 2.45) is 0 Å². The summed E-state index contributed by atoms with van der Waals surface area (Å²) in [5, 5.41) is 9.28. The fourth-order valence-corrected chi connectivity index (χ4v) is 4.99. The molecule has 0 bridgehead atoms. The molecular formula is C14H20BrNO3S. The Bertz CT molecular complexity index is 597. The molecule has 0 heterocycles. The molecule has 1 aliphatic carbocycles. The molecule has 0 amide bonds. The largest absolute Gasteiger partial charge is 0.392 e. The second-order valence-corrected chi connectivity index (χ2v) is 7.92. The molecular weight excluding hydrogens is 342 g/mol. The SMILES string of the molecule is CCCN(C1CC1)S(=O)(=O)c1cc(CO)cc(Br)c1C. The van der Waals surface area contributed by atoms with Crippen LogP contribution in [0, 0.1) is 6.92 Å². The number of halogens is 1. The lowest BCUT2D eigenvalue weighted by atomic mass is 10.2. The summed E-state index contributed by atoms with van der Waals surface area (Å²) in [7, 11) is -3.49. The summed E-state index contributed by atoms with van der Waals surface area (Å²) in [6, 6.07) is 3.49. The number of hydrogen-bond acceptors (Lipinski definition) is 3. The third kappa shape index (κ3) is 3.08. The Morgan fingerprint density at radius 1 is 1.40 bits per heavy atom. The lowest BCUT2D eigenvalue weighted by Gasteiger charge is -2.23. The molecule has 0 atom stereocenters. The van der Waals surface area contributed by atoms with Gasteiger partial charge >= 0.3 is 0 Å². The zero-order valence-electron chi connectivity index (χ0n) is 11.8. The van der Waals surface area contributed by atoms with Crippen LogP contribution in [0.5, 0.6) is 0 Å². The van der Waals surface area contributed by atoms with Crippen LogP contribution in [0.3, 0.4) is 0 Å². The number of hydrogen-bond donors (Lipinski definition) is 1. The van der Waals surface area contributed by atoms with Crippen LogP contribution in [0.1, 0.15) is 37.3 Å². The summed E-state index contributed by atoms with van der Waals surface area (Å²) in [6.07, 6.45) is 2.69. The van der Waals surface area contributed by atoms with Gasteiger partial charge in [0.15, 0.2) is 0 Å². The Balaban J connectivity index is 2.49. The maximum atomic E-state index is 12.9. The van der Waals surface area contributed by atoms with Crippen molar-refractivity contribution in [2.45, 2.75) is 50.7 Å². The summed E-state index contributed by atoms with van der Waals surface area (Å²) in [4.78, 5) is 0.302. The molecule has 112 valence electrons. The quantitative estimate of drug-likeness (QED) is 0.847. The maximum Gasteiger partial charge on any atom is 0.243 e. The lowest BCUT2D eigenvalue weighted by molar-refractivity contribution is 0.281. The van der Waals surface area contributed by atoms with E-state index in [-0.39, 0.29) is 12.6 Å². The fraction of sp³-hybridized carbons (Fsp3) is 0.571. The van der Waals surface area contributed by atoms with E-state index in [1.807, 2.05) is 6.92 Å². The summed E-state index contributed by atoms with van der Waals surface area (Å²) < 4.78 is 28.1. The van der Waals surface area contributed by atoms with Crippen LogP contribution in [0.25, 0.3) is 0 Å². The molecule has 1 N–H and O–H groups in total. The zero-order valence-corrected chi connectivity index (χ0v) is 14.2. The molecule has 2 rings (SSSR count). The molecule has 1 aliphatic rings. The molecule has 1 saturated carbocycles. The Kier molecular flexibility index (Phi) is 4.89. The van der Waals surface area contributed by atoms with Gasteiger partial charge in [-0.25, -0.2) is 8.42 Å². The van der Waals surface area contributed by atoms with Crippen molar-refractivity contribution in [1.82, 2.24) is 4.31 Å². The van der Waals surface area contributed by atoms with E-state index in [0.717, 1.165) is 23.7 Å². The highest BCUT2D eigenvalue weighted by atomic mass is 79.9. The van der Waals surface area contributed by atoms with Gasteiger partial charge in [0.05, 0.1) is 11.5 Å². The van der Waals surface area contributed by atoms with Crippen molar-refractivity contribution < 1.29 is 13.5 Å². The van der Waals surface area contributed by atoms with Gasteiger partial charge in [0.25, 0.3) is 0 Å². The summed E-state index contributed by atoms with van der Waals surface area (Å²) in [6.45, 7) is 4.15. The first-order valence-electron chi connectivity index (χ1n) is 6.83. The van der Waals surface area contributed by atoms with E-state index in [2.05, 4.69) is 15.9 Å². The van der Waals surface area contributed by atoms with Crippen LogP contribution in [0.2, 0.25) is 0 Å². The van der Waals surface area contributed by atoms with Gasteiger partial charge in [-0.05, 0) is 49.4 Å². The van der Waals surface area contributed by atoms with E-state index in [0.29, 0.717) is 22.6 Å². The zero-order chi connectivity index (χ0) is 14.9. The van der Waals surface area contributed by atoms with Crippen molar-refractivity contribution in [3.8, 4) is 0 Å². The Labute approximate surface area is 129 Å². The number of benzene rings is 1. The summed E-state index contributed by atoms with van der Waals surface area (Å²) >= 11 is 3.38. The van der Waals surface area contributed by atoms with Gasteiger partial charge in [0, 0.05) is 17.1 Å². The number of sulfonamides is 1. The normalized spacial score (nSPS) is 15.8. The van der Waals surface area contributed by atoms with Gasteiger partial charge in [-0.1, -0.05) is 22.9 Å². The van der Waals surface area contributed by atoms with E-state index in [4.69, 9.17) is 0 Å². The molecule has 1 aromatic rings. The van der Waals surface area contributed by atoms with Crippen LogP contribution in [-0.4, -0.2) is 30.4 Å². The average molecular weight is 362 g/mol. The minimum atomic E-state index is -3.49. The number of nitrogens with zero attached hydrogens (tertiary/aromatic N) is 1. The van der Waals surface area contributed by atoms with Crippen molar-refractivity contribution in [3.63, 3.8) is 0 Å². The highest BCUT2D eigenvalue weighted by molar-refractivity contribution is 9.10. The molecule has 0 saturated heterocycles. The number of aliphatic hydroxyl groups excluding tert-OH is 1. The second-order valence-electron chi connectivity index (χ2n) is 5.21. The van der Waals surface area contributed by atoms with Crippen molar-refractivity contribution in [2.75, 3.05) is 6.54 Å². The van der Waals surface area contributed by atoms with Crippen molar-refractivity contribution >= 4 is 26.0 Å². The van der Waals surface area contributed by atoms with Crippen molar-refractivity contribution in [1.29, 1.82) is 0 Å². The monoisotopic (exact) mass is 361 g/mol. The van der Waals surface area contributed by atoms with Gasteiger partial charge in [-0.3, -0.25) is 0 Å². The van der Waals surface area contributed by atoms with Crippen LogP contribution >= 0.6 is 15.9 Å². The summed E-state index contributed by atoms with van der Waals surface area (Å²) in [5.74, 6) is 0. The topological polar surface area (TPSA) is 57.6 Å². The highest BCUT2D eigenvalue weighted by Crippen LogP contribution is 2.35.